The van der Waals surface area contributed by atoms with E-state index in [1.165, 1.54) is 0 Å². The molecule has 0 saturated heterocycles. The first-order chi connectivity index (χ1) is 25.3. The molecule has 0 unspecified atom stereocenters. The standard InChI is InChI=1S/3C11H19NO4S2.3Li/c3*13-9(14)5-1-3-7-12(11(17)18)8-4-2-6-10(15)16;;;/h3*1-8H2,(H,13,14)(H,15,16)(H,17,18);;;/q;;;3*+1/p-3. The molecule has 0 aliphatic carbocycles. The van der Waals surface area contributed by atoms with E-state index in [4.69, 9.17) is 105 Å². The number of thiocarbonyl (C=S) groups is 3. The predicted molar refractivity (Wildman–Crippen MR) is 224 cm³/mol. The first-order valence-electron chi connectivity index (χ1n) is 17.5. The van der Waals surface area contributed by atoms with Gasteiger partial charge in [0, 0.05) is 77.8 Å². The number of rotatable bonds is 30. The van der Waals surface area contributed by atoms with Crippen molar-refractivity contribution in [1.82, 2.24) is 14.7 Å². The number of hydrogen-bond acceptors (Lipinski definition) is 12. The molecule has 0 aromatic rings. The molecule has 0 saturated carbocycles. The van der Waals surface area contributed by atoms with Crippen molar-refractivity contribution < 1.29 is 116 Å². The van der Waals surface area contributed by atoms with Crippen LogP contribution in [0.4, 0.5) is 0 Å². The van der Waals surface area contributed by atoms with Gasteiger partial charge >= 0.3 is 92.4 Å². The molecular formula is C33H54Li3N3O12S6. The first-order valence-corrected chi connectivity index (χ1v) is 19.9. The minimum Gasteiger partial charge on any atom is -0.481 e. The molecule has 0 amide bonds. The van der Waals surface area contributed by atoms with Crippen LogP contribution in [-0.2, 0) is 66.7 Å². The Morgan fingerprint density at radius 3 is 0.526 bits per heavy atom. The second-order valence-corrected chi connectivity index (χ2v) is 15.0. The summed E-state index contributed by atoms with van der Waals surface area (Å²) >= 11 is 29.6. The van der Waals surface area contributed by atoms with E-state index in [-0.39, 0.29) is 95.1 Å². The topological polar surface area (TPSA) is 234 Å². The summed E-state index contributed by atoms with van der Waals surface area (Å²) in [6.07, 6.45) is 8.82. The SMILES string of the molecule is O=C(O)CCCCN(CCCCC(=O)O)C(=S)[S-].O=C(O)CCCCN(CCCCC(=O)O)C(=S)[S-].O=C(O)CCCCN(CCCCC(=O)O)C(=S)[S-].[Li+].[Li+].[Li+]. The zero-order valence-corrected chi connectivity index (χ0v) is 38.3. The predicted octanol–water partition coefficient (Wildman–Crippen LogP) is -4.10. The van der Waals surface area contributed by atoms with Gasteiger partial charge in [-0.3, -0.25) is 28.8 Å². The molecule has 0 aliphatic rings. The van der Waals surface area contributed by atoms with Gasteiger partial charge in [-0.2, -0.15) is 0 Å². The van der Waals surface area contributed by atoms with Crippen LogP contribution in [0.15, 0.2) is 0 Å². The molecule has 0 aromatic carbocycles. The van der Waals surface area contributed by atoms with Crippen molar-refractivity contribution in [3.05, 3.63) is 0 Å². The summed E-state index contributed by atoms with van der Waals surface area (Å²) in [5.74, 6) is -4.81. The Hall–Kier alpha value is -1.06. The van der Waals surface area contributed by atoms with Gasteiger partial charge in [0.05, 0.1) is 0 Å². The number of aliphatic carboxylic acids is 6. The van der Waals surface area contributed by atoms with Crippen LogP contribution in [0, 0.1) is 0 Å². The molecule has 0 aromatic heterocycles. The van der Waals surface area contributed by atoms with Crippen LogP contribution in [0.1, 0.15) is 116 Å². The molecule has 24 heteroatoms. The molecule has 15 nitrogen and oxygen atoms in total. The van der Waals surface area contributed by atoms with Crippen molar-refractivity contribution in [2.45, 2.75) is 116 Å². The molecule has 312 valence electrons. The van der Waals surface area contributed by atoms with E-state index >= 15 is 0 Å². The van der Waals surface area contributed by atoms with Crippen LogP contribution >= 0.6 is 36.7 Å². The Labute approximate surface area is 405 Å². The van der Waals surface area contributed by atoms with Crippen LogP contribution in [-0.4, -0.2) is 133 Å². The Morgan fingerprint density at radius 1 is 0.316 bits per heavy atom. The minimum absolute atomic E-state index is 0. The molecule has 0 radical (unpaired) electrons. The van der Waals surface area contributed by atoms with Gasteiger partial charge in [0.25, 0.3) is 0 Å². The second-order valence-electron chi connectivity index (χ2n) is 11.9. The van der Waals surface area contributed by atoms with Gasteiger partial charge in [0.1, 0.15) is 0 Å². The van der Waals surface area contributed by atoms with E-state index in [1.807, 2.05) is 14.7 Å². The molecule has 0 bridgehead atoms. The molecule has 0 atom stereocenters. The van der Waals surface area contributed by atoms with Gasteiger partial charge in [-0.25, -0.2) is 0 Å². The molecule has 0 fully saturated rings. The van der Waals surface area contributed by atoms with Crippen molar-refractivity contribution in [2.75, 3.05) is 39.3 Å². The average Bonchev–Trinajstić information content (AvgIpc) is 3.05. The van der Waals surface area contributed by atoms with Gasteiger partial charge in [-0.15, -0.1) is 0 Å². The quantitative estimate of drug-likeness (QED) is 0.0174. The van der Waals surface area contributed by atoms with Gasteiger partial charge in [0.2, 0.25) is 0 Å². The van der Waals surface area contributed by atoms with Crippen molar-refractivity contribution in [3.63, 3.8) is 0 Å². The van der Waals surface area contributed by atoms with E-state index in [9.17, 15) is 28.8 Å². The number of hydrogen-bond donors (Lipinski definition) is 6. The third kappa shape index (κ3) is 54.9. The van der Waals surface area contributed by atoms with E-state index < -0.39 is 35.8 Å². The Balaban J connectivity index is -0.000000167. The monoisotopic (exact) mass is 897 g/mol. The summed E-state index contributed by atoms with van der Waals surface area (Å²) in [6.45, 7) is 3.85. The van der Waals surface area contributed by atoms with Crippen molar-refractivity contribution in [3.8, 4) is 0 Å². The Bertz CT molecular complexity index is 979. The summed E-state index contributed by atoms with van der Waals surface area (Å²) in [6, 6.07) is 0. The van der Waals surface area contributed by atoms with Crippen LogP contribution in [0.3, 0.4) is 0 Å². The molecule has 6 N–H and O–H groups in total. The fourth-order valence-corrected chi connectivity index (χ4v) is 5.45. The van der Waals surface area contributed by atoms with E-state index in [0.29, 0.717) is 90.8 Å². The fourth-order valence-electron chi connectivity index (χ4n) is 4.36. The largest absolute Gasteiger partial charge is 1.00 e. The molecule has 0 heterocycles. The van der Waals surface area contributed by atoms with E-state index in [1.54, 1.807) is 0 Å². The van der Waals surface area contributed by atoms with Crippen molar-refractivity contribution >= 4 is 123 Å². The molecule has 0 rings (SSSR count). The number of carboxylic acid groups (broad SMARTS) is 6. The van der Waals surface area contributed by atoms with Crippen molar-refractivity contribution in [2.24, 2.45) is 0 Å². The van der Waals surface area contributed by atoms with Crippen molar-refractivity contribution in [1.29, 1.82) is 0 Å². The van der Waals surface area contributed by atoms with E-state index in [0.717, 1.165) is 38.5 Å². The first kappa shape index (κ1) is 67.7. The maximum Gasteiger partial charge on any atom is 1.00 e. The number of unbranched alkanes of at least 4 members (excludes halogenated alkanes) is 6. The average molecular weight is 898 g/mol. The Kier molecular flexibility index (Phi) is 54.7. The second kappa shape index (κ2) is 46.0. The molecule has 57 heavy (non-hydrogen) atoms. The summed E-state index contributed by atoms with van der Waals surface area (Å²) in [7, 11) is 0. The number of carboxylic acids is 6. The number of nitrogens with zero attached hydrogens (tertiary/aromatic N) is 3. The van der Waals surface area contributed by atoms with Gasteiger partial charge in [-0.05, 0) is 77.0 Å². The molecular weight excluding hydrogens is 844 g/mol. The third-order valence-electron chi connectivity index (χ3n) is 7.19. The van der Waals surface area contributed by atoms with Crippen LogP contribution in [0.2, 0.25) is 0 Å². The summed E-state index contributed by atoms with van der Waals surface area (Å²) in [4.78, 5) is 67.5. The minimum atomic E-state index is -0.802. The third-order valence-corrected chi connectivity index (χ3v) is 8.74. The summed E-state index contributed by atoms with van der Waals surface area (Å²) < 4.78 is 1.09. The van der Waals surface area contributed by atoms with Crippen LogP contribution in [0.5, 0.6) is 0 Å². The molecule has 0 aliphatic heterocycles. The van der Waals surface area contributed by atoms with E-state index in [2.05, 4.69) is 0 Å². The summed E-state index contributed by atoms with van der Waals surface area (Å²) in [5, 5.41) is 51.0. The molecule has 0 spiro atoms. The fraction of sp³-hybridized carbons (Fsp3) is 0.727. The summed E-state index contributed by atoms with van der Waals surface area (Å²) in [5.41, 5.74) is 0. The zero-order chi connectivity index (χ0) is 41.9. The maximum atomic E-state index is 10.3. The normalized spacial score (nSPS) is 9.47. The van der Waals surface area contributed by atoms with Crippen LogP contribution in [0.25, 0.3) is 0 Å². The smallest absolute Gasteiger partial charge is 0.481 e. The van der Waals surface area contributed by atoms with Gasteiger partial charge in [-0.1, -0.05) is 13.0 Å². The van der Waals surface area contributed by atoms with Gasteiger partial charge < -0.3 is 120 Å². The van der Waals surface area contributed by atoms with Crippen LogP contribution < -0.4 is 56.6 Å². The van der Waals surface area contributed by atoms with Gasteiger partial charge in [0.15, 0.2) is 0 Å². The number of carbonyl (C=O) groups is 6. The Morgan fingerprint density at radius 2 is 0.439 bits per heavy atom. The zero-order valence-electron chi connectivity index (χ0n) is 33.4. The maximum absolute atomic E-state index is 10.3.